The van der Waals surface area contributed by atoms with Crippen LogP contribution in [-0.4, -0.2) is 24.1 Å². The molecule has 0 saturated carbocycles. The summed E-state index contributed by atoms with van der Waals surface area (Å²) in [6.07, 6.45) is 7.70. The summed E-state index contributed by atoms with van der Waals surface area (Å²) >= 11 is 0. The molecule has 2 N–H and O–H groups in total. The number of nitrogens with one attached hydrogen (secondary N) is 2. The zero-order valence-corrected chi connectivity index (χ0v) is 9.08. The second kappa shape index (κ2) is 5.83. The molecule has 1 aliphatic rings. The van der Waals surface area contributed by atoms with Crippen molar-refractivity contribution in [2.24, 2.45) is 0 Å². The first-order chi connectivity index (χ1) is 7.45. The molecule has 82 valence electrons. The third-order valence-corrected chi connectivity index (χ3v) is 2.88. The molecule has 2 rings (SSSR count). The van der Waals surface area contributed by atoms with Gasteiger partial charge in [0.05, 0.1) is 0 Å². The van der Waals surface area contributed by atoms with E-state index in [9.17, 15) is 0 Å². The number of nitrogens with zero attached hydrogens (tertiary/aromatic N) is 1. The van der Waals surface area contributed by atoms with Gasteiger partial charge in [0.2, 0.25) is 0 Å². The van der Waals surface area contributed by atoms with Gasteiger partial charge in [-0.15, -0.1) is 0 Å². The quantitative estimate of drug-likeness (QED) is 0.778. The van der Waals surface area contributed by atoms with E-state index in [0.29, 0.717) is 6.04 Å². The Hall–Kier alpha value is -0.930. The van der Waals surface area contributed by atoms with Crippen LogP contribution in [-0.2, 0) is 6.54 Å². The molecule has 1 saturated heterocycles. The van der Waals surface area contributed by atoms with E-state index in [0.717, 1.165) is 13.1 Å². The van der Waals surface area contributed by atoms with Gasteiger partial charge in [0.1, 0.15) is 0 Å². The normalized spacial score (nSPS) is 21.5. The fraction of sp³-hybridized carbons (Fsp3) is 0.583. The third-order valence-electron chi connectivity index (χ3n) is 2.88. The van der Waals surface area contributed by atoms with Crippen LogP contribution in [0.3, 0.4) is 0 Å². The molecule has 1 aliphatic heterocycles. The molecule has 0 amide bonds. The van der Waals surface area contributed by atoms with Gasteiger partial charge in [-0.2, -0.15) is 0 Å². The highest BCUT2D eigenvalue weighted by Gasteiger charge is 2.10. The van der Waals surface area contributed by atoms with E-state index in [1.54, 1.807) is 0 Å². The maximum Gasteiger partial charge on any atom is 0.0271 e. The molecule has 1 fully saturated rings. The average molecular weight is 205 g/mol. The third kappa shape index (κ3) is 3.61. The van der Waals surface area contributed by atoms with Crippen molar-refractivity contribution in [2.45, 2.75) is 31.8 Å². The minimum atomic E-state index is 0.667. The molecule has 0 unspecified atom stereocenters. The first-order valence-corrected chi connectivity index (χ1v) is 5.78. The van der Waals surface area contributed by atoms with Crippen molar-refractivity contribution in [1.82, 2.24) is 15.6 Å². The molecule has 0 spiro atoms. The Kier molecular flexibility index (Phi) is 4.11. The summed E-state index contributed by atoms with van der Waals surface area (Å²) in [6, 6.07) is 4.78. The second-order valence-corrected chi connectivity index (χ2v) is 4.13. The number of piperidine rings is 1. The molecule has 0 aromatic carbocycles. The van der Waals surface area contributed by atoms with Gasteiger partial charge >= 0.3 is 0 Å². The van der Waals surface area contributed by atoms with Crippen molar-refractivity contribution in [2.75, 3.05) is 13.1 Å². The van der Waals surface area contributed by atoms with Crippen molar-refractivity contribution in [3.05, 3.63) is 30.1 Å². The van der Waals surface area contributed by atoms with E-state index in [4.69, 9.17) is 0 Å². The highest BCUT2D eigenvalue weighted by molar-refractivity contribution is 5.08. The Morgan fingerprint density at radius 2 is 2.20 bits per heavy atom. The SMILES string of the molecule is c1cc(CNC[C@H]2CCCCN2)ccn1. The molecule has 0 aliphatic carbocycles. The van der Waals surface area contributed by atoms with Gasteiger partial charge in [0.15, 0.2) is 0 Å². The highest BCUT2D eigenvalue weighted by Crippen LogP contribution is 2.06. The maximum atomic E-state index is 4.00. The Balaban J connectivity index is 1.66. The van der Waals surface area contributed by atoms with E-state index in [1.165, 1.54) is 31.4 Å². The number of rotatable bonds is 4. The van der Waals surface area contributed by atoms with Crippen molar-refractivity contribution in [3.63, 3.8) is 0 Å². The molecule has 15 heavy (non-hydrogen) atoms. The van der Waals surface area contributed by atoms with Crippen LogP contribution in [0, 0.1) is 0 Å². The van der Waals surface area contributed by atoms with Crippen LogP contribution in [0.15, 0.2) is 24.5 Å². The molecule has 1 aromatic heterocycles. The lowest BCUT2D eigenvalue weighted by Crippen LogP contribution is -2.41. The van der Waals surface area contributed by atoms with Crippen LogP contribution in [0.5, 0.6) is 0 Å². The van der Waals surface area contributed by atoms with Crippen LogP contribution >= 0.6 is 0 Å². The molecule has 0 bridgehead atoms. The van der Waals surface area contributed by atoms with Gasteiger partial charge in [-0.1, -0.05) is 6.42 Å². The molecular formula is C12H19N3. The monoisotopic (exact) mass is 205 g/mol. The lowest BCUT2D eigenvalue weighted by atomic mass is 10.1. The molecule has 0 radical (unpaired) electrons. The summed E-state index contributed by atoms with van der Waals surface area (Å²) in [4.78, 5) is 4.00. The molecule has 3 nitrogen and oxygen atoms in total. The summed E-state index contributed by atoms with van der Waals surface area (Å²) in [5.41, 5.74) is 1.31. The van der Waals surface area contributed by atoms with Gasteiger partial charge in [-0.3, -0.25) is 4.98 Å². The summed E-state index contributed by atoms with van der Waals surface area (Å²) < 4.78 is 0. The number of hydrogen-bond donors (Lipinski definition) is 2. The molecule has 1 atom stereocenters. The predicted octanol–water partition coefficient (Wildman–Crippen LogP) is 1.31. The standard InChI is InChI=1S/C12H19N3/c1-2-6-15-12(3-1)10-14-9-11-4-7-13-8-5-11/h4-5,7-8,12,14-15H,1-3,6,9-10H2/t12-/m1/s1. The Bertz CT molecular complexity index is 267. The zero-order valence-electron chi connectivity index (χ0n) is 9.08. The van der Waals surface area contributed by atoms with Gasteiger partial charge in [-0.25, -0.2) is 0 Å². The van der Waals surface area contributed by atoms with Crippen LogP contribution in [0.4, 0.5) is 0 Å². The maximum absolute atomic E-state index is 4.00. The molecular weight excluding hydrogens is 186 g/mol. The number of aromatic nitrogens is 1. The minimum absolute atomic E-state index is 0.667. The van der Waals surface area contributed by atoms with Crippen LogP contribution in [0.1, 0.15) is 24.8 Å². The van der Waals surface area contributed by atoms with Crippen molar-refractivity contribution in [1.29, 1.82) is 0 Å². The van der Waals surface area contributed by atoms with E-state index >= 15 is 0 Å². The van der Waals surface area contributed by atoms with E-state index in [1.807, 2.05) is 12.4 Å². The molecule has 1 aromatic rings. The summed E-state index contributed by atoms with van der Waals surface area (Å²) in [5, 5.41) is 7.01. The second-order valence-electron chi connectivity index (χ2n) is 4.13. The minimum Gasteiger partial charge on any atom is -0.313 e. The average Bonchev–Trinajstić information content (AvgIpc) is 2.32. The molecule has 3 heteroatoms. The van der Waals surface area contributed by atoms with Gasteiger partial charge < -0.3 is 10.6 Å². The predicted molar refractivity (Wildman–Crippen MR) is 61.6 cm³/mol. The van der Waals surface area contributed by atoms with Crippen molar-refractivity contribution >= 4 is 0 Å². The van der Waals surface area contributed by atoms with E-state index in [2.05, 4.69) is 27.8 Å². The van der Waals surface area contributed by atoms with Gasteiger partial charge in [0, 0.05) is 31.5 Å². The zero-order chi connectivity index (χ0) is 10.3. The smallest absolute Gasteiger partial charge is 0.0271 e. The highest BCUT2D eigenvalue weighted by atomic mass is 15.0. The Morgan fingerprint density at radius 3 is 2.93 bits per heavy atom. The fourth-order valence-electron chi connectivity index (χ4n) is 1.99. The van der Waals surface area contributed by atoms with Crippen molar-refractivity contribution < 1.29 is 0 Å². The first kappa shape index (κ1) is 10.6. The van der Waals surface area contributed by atoms with Crippen molar-refractivity contribution in [3.8, 4) is 0 Å². The lowest BCUT2D eigenvalue weighted by molar-refractivity contribution is 0.383. The van der Waals surface area contributed by atoms with E-state index in [-0.39, 0.29) is 0 Å². The topological polar surface area (TPSA) is 37.0 Å². The lowest BCUT2D eigenvalue weighted by Gasteiger charge is -2.23. The van der Waals surface area contributed by atoms with Gasteiger partial charge in [0.25, 0.3) is 0 Å². The van der Waals surface area contributed by atoms with E-state index < -0.39 is 0 Å². The van der Waals surface area contributed by atoms with Gasteiger partial charge in [-0.05, 0) is 37.1 Å². The van der Waals surface area contributed by atoms with Crippen LogP contribution in [0.25, 0.3) is 0 Å². The largest absolute Gasteiger partial charge is 0.313 e. The summed E-state index contributed by atoms with van der Waals surface area (Å²) in [7, 11) is 0. The number of pyridine rings is 1. The Morgan fingerprint density at radius 1 is 1.33 bits per heavy atom. The van der Waals surface area contributed by atoms with Crippen LogP contribution in [0.2, 0.25) is 0 Å². The molecule has 2 heterocycles. The Labute approximate surface area is 91.3 Å². The first-order valence-electron chi connectivity index (χ1n) is 5.78. The summed E-state index contributed by atoms with van der Waals surface area (Å²) in [5.74, 6) is 0. The summed E-state index contributed by atoms with van der Waals surface area (Å²) in [6.45, 7) is 3.20. The fourth-order valence-corrected chi connectivity index (χ4v) is 1.99. The van der Waals surface area contributed by atoms with Crippen LogP contribution < -0.4 is 10.6 Å². The number of hydrogen-bond acceptors (Lipinski definition) is 3.